The van der Waals surface area contributed by atoms with Crippen molar-refractivity contribution in [2.24, 2.45) is 0 Å². The van der Waals surface area contributed by atoms with Gasteiger partial charge in [-0.2, -0.15) is 13.2 Å². The zero-order valence-corrected chi connectivity index (χ0v) is 17.2. The van der Waals surface area contributed by atoms with Crippen molar-refractivity contribution in [1.82, 2.24) is 20.1 Å². The van der Waals surface area contributed by atoms with E-state index in [0.717, 1.165) is 69.2 Å². The van der Waals surface area contributed by atoms with Gasteiger partial charge in [-0.3, -0.25) is 4.79 Å². The number of nitrogens with one attached hydrogen (secondary N) is 1. The van der Waals surface area contributed by atoms with Crippen LogP contribution >= 0.6 is 11.3 Å². The van der Waals surface area contributed by atoms with Crippen LogP contribution in [0, 0.1) is 0 Å². The van der Waals surface area contributed by atoms with Crippen molar-refractivity contribution >= 4 is 17.2 Å². The Morgan fingerprint density at radius 1 is 1.21 bits per heavy atom. The number of amides is 1. The number of nitrogens with zero attached hydrogens (tertiary/aromatic N) is 3. The van der Waals surface area contributed by atoms with E-state index in [4.69, 9.17) is 0 Å². The number of rotatable bonds is 7. The van der Waals surface area contributed by atoms with Gasteiger partial charge in [-0.25, -0.2) is 4.98 Å². The maximum absolute atomic E-state index is 12.9. The third kappa shape index (κ3) is 6.01. The summed E-state index contributed by atoms with van der Waals surface area (Å²) in [6.07, 6.45) is -3.56. The van der Waals surface area contributed by atoms with E-state index in [1.807, 2.05) is 0 Å². The quantitative estimate of drug-likeness (QED) is 0.688. The first kappa shape index (κ1) is 21.7. The molecule has 1 aliphatic rings. The van der Waals surface area contributed by atoms with Crippen LogP contribution in [0.5, 0.6) is 0 Å². The monoisotopic (exact) mass is 426 g/mol. The van der Waals surface area contributed by atoms with Crippen LogP contribution in [0.2, 0.25) is 0 Å². The van der Waals surface area contributed by atoms with Crippen molar-refractivity contribution in [1.29, 1.82) is 0 Å². The molecule has 0 spiro atoms. The molecule has 1 fully saturated rings. The Hall–Kier alpha value is -1.97. The van der Waals surface area contributed by atoms with Crippen LogP contribution in [-0.4, -0.2) is 66.5 Å². The van der Waals surface area contributed by atoms with Gasteiger partial charge in [0.05, 0.1) is 5.56 Å². The number of likely N-dealkylation sites (N-methyl/N-ethyl adjacent to an activating group) is 1. The summed E-state index contributed by atoms with van der Waals surface area (Å²) >= 11 is 1.16. The molecule has 1 saturated heterocycles. The van der Waals surface area contributed by atoms with Gasteiger partial charge in [0, 0.05) is 43.7 Å². The van der Waals surface area contributed by atoms with Gasteiger partial charge in [0.25, 0.3) is 5.91 Å². The van der Waals surface area contributed by atoms with E-state index < -0.39 is 11.7 Å². The fourth-order valence-corrected chi connectivity index (χ4v) is 4.06. The first-order valence-corrected chi connectivity index (χ1v) is 10.6. The lowest BCUT2D eigenvalue weighted by molar-refractivity contribution is -0.137. The zero-order chi connectivity index (χ0) is 20.9. The van der Waals surface area contributed by atoms with Crippen LogP contribution in [0.15, 0.2) is 29.6 Å². The first-order chi connectivity index (χ1) is 13.9. The molecule has 1 aromatic carbocycles. The van der Waals surface area contributed by atoms with Gasteiger partial charge in [0.15, 0.2) is 0 Å². The van der Waals surface area contributed by atoms with Crippen molar-refractivity contribution < 1.29 is 18.0 Å². The summed E-state index contributed by atoms with van der Waals surface area (Å²) in [6.45, 7) is 9.00. The molecule has 0 atom stereocenters. The molecule has 1 amide bonds. The van der Waals surface area contributed by atoms with Gasteiger partial charge in [0.2, 0.25) is 0 Å². The van der Waals surface area contributed by atoms with E-state index in [1.54, 1.807) is 11.4 Å². The van der Waals surface area contributed by atoms with Crippen molar-refractivity contribution in [3.63, 3.8) is 0 Å². The standard InChI is InChI=1S/C20H25F3N4OS/c1-2-26-9-11-27(12-10-26)8-4-7-24-18(28)17-14-29-19(25-17)15-5-3-6-16(13-15)20(21,22)23/h3,5-6,13-14H,2,4,7-12H2,1H3,(H,24,28). The number of hydrogen-bond acceptors (Lipinski definition) is 5. The Labute approximate surface area is 172 Å². The van der Waals surface area contributed by atoms with Crippen LogP contribution in [0.1, 0.15) is 29.4 Å². The summed E-state index contributed by atoms with van der Waals surface area (Å²) in [4.78, 5) is 21.3. The molecule has 158 valence electrons. The fourth-order valence-electron chi connectivity index (χ4n) is 3.26. The molecule has 29 heavy (non-hydrogen) atoms. The van der Waals surface area contributed by atoms with Crippen molar-refractivity contribution in [2.45, 2.75) is 19.5 Å². The minimum absolute atomic E-state index is 0.235. The van der Waals surface area contributed by atoms with E-state index in [9.17, 15) is 18.0 Å². The predicted octanol–water partition coefficient (Wildman–Crippen LogP) is 3.59. The highest BCUT2D eigenvalue weighted by Gasteiger charge is 2.30. The minimum atomic E-state index is -4.41. The van der Waals surface area contributed by atoms with Crippen molar-refractivity contribution in [2.75, 3.05) is 45.8 Å². The molecule has 0 aliphatic carbocycles. The molecule has 1 N–H and O–H groups in total. The second-order valence-electron chi connectivity index (χ2n) is 7.00. The molecule has 0 bridgehead atoms. The Bertz CT molecular complexity index is 816. The van der Waals surface area contributed by atoms with Crippen molar-refractivity contribution in [3.8, 4) is 10.6 Å². The largest absolute Gasteiger partial charge is 0.416 e. The predicted molar refractivity (Wildman–Crippen MR) is 108 cm³/mol. The van der Waals surface area contributed by atoms with E-state index in [2.05, 4.69) is 27.0 Å². The van der Waals surface area contributed by atoms with Crippen LogP contribution < -0.4 is 5.32 Å². The Kier molecular flexibility index (Phi) is 7.26. The van der Waals surface area contributed by atoms with E-state index in [1.165, 1.54) is 6.07 Å². The molecule has 9 heteroatoms. The summed E-state index contributed by atoms with van der Waals surface area (Å²) in [5.74, 6) is -0.296. The third-order valence-corrected chi connectivity index (χ3v) is 5.91. The summed E-state index contributed by atoms with van der Waals surface area (Å²) in [5, 5.41) is 4.82. The van der Waals surface area contributed by atoms with E-state index >= 15 is 0 Å². The number of benzene rings is 1. The number of halogens is 3. The van der Waals surface area contributed by atoms with Crippen LogP contribution in [0.4, 0.5) is 13.2 Å². The highest BCUT2D eigenvalue weighted by Crippen LogP contribution is 2.33. The van der Waals surface area contributed by atoms with Crippen LogP contribution in [-0.2, 0) is 6.18 Å². The summed E-state index contributed by atoms with van der Waals surface area (Å²) in [6, 6.07) is 4.99. The summed E-state index contributed by atoms with van der Waals surface area (Å²) in [7, 11) is 0. The second-order valence-corrected chi connectivity index (χ2v) is 7.86. The average molecular weight is 427 g/mol. The van der Waals surface area contributed by atoms with Gasteiger partial charge in [-0.05, 0) is 31.6 Å². The van der Waals surface area contributed by atoms with Gasteiger partial charge in [0.1, 0.15) is 10.7 Å². The molecule has 0 radical (unpaired) electrons. The molecule has 2 aromatic rings. The van der Waals surface area contributed by atoms with Crippen molar-refractivity contribution in [3.05, 3.63) is 40.9 Å². The maximum Gasteiger partial charge on any atom is 0.416 e. The van der Waals surface area contributed by atoms with Crippen LogP contribution in [0.25, 0.3) is 10.6 Å². The zero-order valence-electron chi connectivity index (χ0n) is 16.3. The SMILES string of the molecule is CCN1CCN(CCCNC(=O)c2csc(-c3cccc(C(F)(F)F)c3)n2)CC1. The molecule has 0 unspecified atom stereocenters. The second kappa shape index (κ2) is 9.69. The minimum Gasteiger partial charge on any atom is -0.351 e. The lowest BCUT2D eigenvalue weighted by Gasteiger charge is -2.33. The van der Waals surface area contributed by atoms with E-state index in [-0.39, 0.29) is 11.6 Å². The number of carbonyl (C=O) groups is 1. The fraction of sp³-hybridized carbons (Fsp3) is 0.500. The summed E-state index contributed by atoms with van der Waals surface area (Å²) in [5.41, 5.74) is -0.134. The Morgan fingerprint density at radius 2 is 1.93 bits per heavy atom. The van der Waals surface area contributed by atoms with Gasteiger partial charge >= 0.3 is 6.18 Å². The highest BCUT2D eigenvalue weighted by molar-refractivity contribution is 7.13. The summed E-state index contributed by atoms with van der Waals surface area (Å²) < 4.78 is 38.6. The van der Waals surface area contributed by atoms with Crippen LogP contribution in [0.3, 0.4) is 0 Å². The molecule has 1 aliphatic heterocycles. The first-order valence-electron chi connectivity index (χ1n) is 9.73. The molecular formula is C20H25F3N4OS. The smallest absolute Gasteiger partial charge is 0.351 e. The molecule has 1 aromatic heterocycles. The number of aromatic nitrogens is 1. The number of thiazole rings is 1. The molecule has 3 rings (SSSR count). The highest BCUT2D eigenvalue weighted by atomic mass is 32.1. The van der Waals surface area contributed by atoms with Gasteiger partial charge in [-0.1, -0.05) is 19.1 Å². The Morgan fingerprint density at radius 3 is 2.62 bits per heavy atom. The Balaban J connectivity index is 1.47. The maximum atomic E-state index is 12.9. The number of hydrogen-bond donors (Lipinski definition) is 1. The molecule has 2 heterocycles. The normalized spacial score (nSPS) is 16.1. The molecular weight excluding hydrogens is 401 g/mol. The molecule has 5 nitrogen and oxygen atoms in total. The average Bonchev–Trinajstić information content (AvgIpc) is 3.21. The van der Waals surface area contributed by atoms with Gasteiger partial charge in [-0.15, -0.1) is 11.3 Å². The van der Waals surface area contributed by atoms with E-state index in [0.29, 0.717) is 17.1 Å². The third-order valence-electron chi connectivity index (χ3n) is 5.02. The molecule has 0 saturated carbocycles. The van der Waals surface area contributed by atoms with Gasteiger partial charge < -0.3 is 15.1 Å². The number of piperazine rings is 1. The lowest BCUT2D eigenvalue weighted by Crippen LogP contribution is -2.46. The number of alkyl halides is 3. The number of carbonyl (C=O) groups excluding carboxylic acids is 1. The lowest BCUT2D eigenvalue weighted by atomic mass is 10.1. The topological polar surface area (TPSA) is 48.5 Å².